The van der Waals surface area contributed by atoms with Crippen molar-refractivity contribution in [2.75, 3.05) is 6.54 Å². The predicted molar refractivity (Wildman–Crippen MR) is 71.6 cm³/mol. The van der Waals surface area contributed by atoms with Crippen LogP contribution in [0.5, 0.6) is 0 Å². The minimum atomic E-state index is -0.141. The molecule has 3 heteroatoms. The van der Waals surface area contributed by atoms with Crippen LogP contribution in [0.15, 0.2) is 0 Å². The lowest BCUT2D eigenvalue weighted by Gasteiger charge is -2.34. The van der Waals surface area contributed by atoms with Gasteiger partial charge in [-0.3, -0.25) is 4.79 Å². The van der Waals surface area contributed by atoms with Crippen molar-refractivity contribution in [2.24, 2.45) is 16.6 Å². The van der Waals surface area contributed by atoms with Crippen molar-refractivity contribution >= 4 is 5.91 Å². The van der Waals surface area contributed by atoms with Crippen molar-refractivity contribution in [3.05, 3.63) is 0 Å². The Morgan fingerprint density at radius 1 is 1.35 bits per heavy atom. The summed E-state index contributed by atoms with van der Waals surface area (Å²) in [5.41, 5.74) is 5.57. The maximum atomic E-state index is 12.3. The molecule has 3 N–H and O–H groups in total. The van der Waals surface area contributed by atoms with E-state index < -0.39 is 0 Å². The Morgan fingerprint density at radius 2 is 1.88 bits per heavy atom. The Hall–Kier alpha value is -0.570. The molecule has 1 aliphatic rings. The maximum absolute atomic E-state index is 12.3. The molecule has 3 nitrogen and oxygen atoms in total. The molecule has 1 saturated carbocycles. The molecule has 0 aromatic heterocycles. The third-order valence-electron chi connectivity index (χ3n) is 4.06. The van der Waals surface area contributed by atoms with E-state index in [-0.39, 0.29) is 22.8 Å². The highest BCUT2D eigenvalue weighted by molar-refractivity contribution is 5.82. The van der Waals surface area contributed by atoms with Gasteiger partial charge in [0.15, 0.2) is 0 Å². The molecule has 0 radical (unpaired) electrons. The molecule has 1 unspecified atom stereocenters. The van der Waals surface area contributed by atoms with Gasteiger partial charge in [-0.2, -0.15) is 0 Å². The van der Waals surface area contributed by atoms with Gasteiger partial charge in [-0.25, -0.2) is 0 Å². The summed E-state index contributed by atoms with van der Waals surface area (Å²) in [7, 11) is 0. The number of rotatable bonds is 4. The summed E-state index contributed by atoms with van der Waals surface area (Å²) < 4.78 is 0. The lowest BCUT2D eigenvalue weighted by atomic mass is 9.82. The quantitative estimate of drug-likeness (QED) is 0.793. The molecule has 1 aliphatic carbocycles. The molecule has 100 valence electrons. The molecule has 0 aromatic rings. The minimum Gasteiger partial charge on any atom is -0.352 e. The van der Waals surface area contributed by atoms with Crippen molar-refractivity contribution in [3.63, 3.8) is 0 Å². The molecule has 0 saturated heterocycles. The van der Waals surface area contributed by atoms with Crippen LogP contribution in [0.3, 0.4) is 0 Å². The number of nitrogens with one attached hydrogen (secondary N) is 1. The Bertz CT molecular complexity index is 262. The lowest BCUT2D eigenvalue weighted by molar-refractivity contribution is -0.131. The van der Waals surface area contributed by atoms with E-state index in [1.807, 2.05) is 0 Å². The zero-order chi connectivity index (χ0) is 13.1. The van der Waals surface area contributed by atoms with Gasteiger partial charge in [0.05, 0.1) is 0 Å². The number of carbonyl (C=O) groups is 1. The molecular formula is C14H28N2O. The van der Waals surface area contributed by atoms with Crippen LogP contribution in [0.25, 0.3) is 0 Å². The second kappa shape index (κ2) is 5.38. The number of carbonyl (C=O) groups excluding carboxylic acids is 1. The first-order valence-electron chi connectivity index (χ1n) is 6.81. The van der Waals surface area contributed by atoms with E-state index >= 15 is 0 Å². The SMILES string of the molecule is CC1(C(=O)NC(CCN)C(C)(C)C)CCCC1. The van der Waals surface area contributed by atoms with Crippen molar-refractivity contribution in [1.29, 1.82) is 0 Å². The van der Waals surface area contributed by atoms with Gasteiger partial charge >= 0.3 is 0 Å². The summed E-state index contributed by atoms with van der Waals surface area (Å²) in [4.78, 5) is 12.3. The summed E-state index contributed by atoms with van der Waals surface area (Å²) >= 11 is 0. The third kappa shape index (κ3) is 3.70. The van der Waals surface area contributed by atoms with E-state index in [9.17, 15) is 4.79 Å². The predicted octanol–water partition coefficient (Wildman–Crippen LogP) is 2.45. The van der Waals surface area contributed by atoms with E-state index in [1.54, 1.807) is 0 Å². The average Bonchev–Trinajstić information content (AvgIpc) is 2.64. The fraction of sp³-hybridized carbons (Fsp3) is 0.929. The molecule has 1 rings (SSSR count). The van der Waals surface area contributed by atoms with Crippen LogP contribution in [0.2, 0.25) is 0 Å². The maximum Gasteiger partial charge on any atom is 0.226 e. The highest BCUT2D eigenvalue weighted by Gasteiger charge is 2.38. The molecule has 0 aliphatic heterocycles. The molecule has 0 bridgehead atoms. The zero-order valence-electron chi connectivity index (χ0n) is 11.8. The smallest absolute Gasteiger partial charge is 0.226 e. The summed E-state index contributed by atoms with van der Waals surface area (Å²) in [6.45, 7) is 9.19. The first-order chi connectivity index (χ1) is 7.79. The summed E-state index contributed by atoms with van der Waals surface area (Å²) in [6.07, 6.45) is 5.27. The molecule has 1 amide bonds. The Kier molecular flexibility index (Phi) is 4.59. The van der Waals surface area contributed by atoms with Gasteiger partial charge in [0.25, 0.3) is 0 Å². The molecule has 0 heterocycles. The Morgan fingerprint density at radius 3 is 2.29 bits per heavy atom. The van der Waals surface area contributed by atoms with E-state index in [4.69, 9.17) is 5.73 Å². The molecular weight excluding hydrogens is 212 g/mol. The van der Waals surface area contributed by atoms with Crippen LogP contribution < -0.4 is 11.1 Å². The van der Waals surface area contributed by atoms with Crippen LogP contribution in [0, 0.1) is 10.8 Å². The van der Waals surface area contributed by atoms with Crippen LogP contribution in [-0.2, 0) is 4.79 Å². The van der Waals surface area contributed by atoms with E-state index in [0.29, 0.717) is 6.54 Å². The first kappa shape index (κ1) is 14.5. The Balaban J connectivity index is 2.64. The van der Waals surface area contributed by atoms with Crippen LogP contribution >= 0.6 is 0 Å². The molecule has 1 fully saturated rings. The van der Waals surface area contributed by atoms with Gasteiger partial charge in [0.1, 0.15) is 0 Å². The van der Waals surface area contributed by atoms with E-state index in [0.717, 1.165) is 19.3 Å². The van der Waals surface area contributed by atoms with Gasteiger partial charge in [-0.05, 0) is 31.2 Å². The second-order valence-corrected chi connectivity index (χ2v) is 6.74. The summed E-state index contributed by atoms with van der Waals surface area (Å²) in [5.74, 6) is 0.225. The standard InChI is InChI=1S/C14H28N2O/c1-13(2,3)11(7-10-15)16-12(17)14(4)8-5-6-9-14/h11H,5-10,15H2,1-4H3,(H,16,17). The Labute approximate surface area is 106 Å². The average molecular weight is 240 g/mol. The van der Waals surface area contributed by atoms with Gasteiger partial charge < -0.3 is 11.1 Å². The van der Waals surface area contributed by atoms with Crippen LogP contribution in [0.1, 0.15) is 59.8 Å². The minimum absolute atomic E-state index is 0.0734. The fourth-order valence-electron chi connectivity index (χ4n) is 2.60. The fourth-order valence-corrected chi connectivity index (χ4v) is 2.60. The number of amides is 1. The molecule has 1 atom stereocenters. The van der Waals surface area contributed by atoms with Crippen LogP contribution in [-0.4, -0.2) is 18.5 Å². The van der Waals surface area contributed by atoms with Crippen molar-refractivity contribution < 1.29 is 4.79 Å². The third-order valence-corrected chi connectivity index (χ3v) is 4.06. The monoisotopic (exact) mass is 240 g/mol. The number of hydrogen-bond acceptors (Lipinski definition) is 2. The summed E-state index contributed by atoms with van der Waals surface area (Å²) in [6, 6.07) is 0.178. The topological polar surface area (TPSA) is 55.1 Å². The highest BCUT2D eigenvalue weighted by atomic mass is 16.2. The van der Waals surface area contributed by atoms with Gasteiger partial charge in [-0.1, -0.05) is 40.5 Å². The molecule has 0 aromatic carbocycles. The van der Waals surface area contributed by atoms with Crippen molar-refractivity contribution in [2.45, 2.75) is 65.8 Å². The van der Waals surface area contributed by atoms with Gasteiger partial charge in [-0.15, -0.1) is 0 Å². The van der Waals surface area contributed by atoms with E-state index in [1.165, 1.54) is 12.8 Å². The van der Waals surface area contributed by atoms with Gasteiger partial charge in [0, 0.05) is 11.5 Å². The number of hydrogen-bond donors (Lipinski definition) is 2. The zero-order valence-corrected chi connectivity index (χ0v) is 11.8. The van der Waals surface area contributed by atoms with E-state index in [2.05, 4.69) is 33.0 Å². The van der Waals surface area contributed by atoms with Crippen LogP contribution in [0.4, 0.5) is 0 Å². The highest BCUT2D eigenvalue weighted by Crippen LogP contribution is 2.38. The molecule has 0 spiro atoms. The number of nitrogens with two attached hydrogens (primary N) is 1. The first-order valence-corrected chi connectivity index (χ1v) is 6.81. The largest absolute Gasteiger partial charge is 0.352 e. The molecule has 17 heavy (non-hydrogen) atoms. The van der Waals surface area contributed by atoms with Crippen molar-refractivity contribution in [1.82, 2.24) is 5.32 Å². The van der Waals surface area contributed by atoms with Gasteiger partial charge in [0.2, 0.25) is 5.91 Å². The normalized spacial score (nSPS) is 21.2. The van der Waals surface area contributed by atoms with Crippen molar-refractivity contribution in [3.8, 4) is 0 Å². The lowest BCUT2D eigenvalue weighted by Crippen LogP contribution is -2.49. The summed E-state index contributed by atoms with van der Waals surface area (Å²) in [5, 5.41) is 3.22. The second-order valence-electron chi connectivity index (χ2n) is 6.74.